The van der Waals surface area contributed by atoms with Gasteiger partial charge in [-0.2, -0.15) is 0 Å². The van der Waals surface area contributed by atoms with Gasteiger partial charge in [-0.05, 0) is 48.8 Å². The van der Waals surface area contributed by atoms with E-state index in [1.54, 1.807) is 12.3 Å². The van der Waals surface area contributed by atoms with Crippen LogP contribution in [0.4, 0.5) is 5.82 Å². The molecule has 0 aliphatic carbocycles. The van der Waals surface area contributed by atoms with E-state index in [1.807, 2.05) is 26.8 Å². The Kier molecular flexibility index (Phi) is 4.44. The van der Waals surface area contributed by atoms with Gasteiger partial charge in [0.2, 0.25) is 0 Å². The standard InChI is InChI=1S/C11H15BrN2O2/c1-11(2,3)16-7-9(15)14-10-8(12)5-4-6-13-10/h4-6H,7H2,1-3H3,(H,13,14,15). The van der Waals surface area contributed by atoms with Crippen LogP contribution in [0.25, 0.3) is 0 Å². The Morgan fingerprint density at radius 2 is 2.25 bits per heavy atom. The van der Waals surface area contributed by atoms with Crippen LogP contribution in [0, 0.1) is 0 Å². The summed E-state index contributed by atoms with van der Waals surface area (Å²) in [6.45, 7) is 5.72. The number of hydrogen-bond donors (Lipinski definition) is 1. The first-order valence-corrected chi connectivity index (χ1v) is 5.72. The Bertz CT molecular complexity index is 374. The lowest BCUT2D eigenvalue weighted by Crippen LogP contribution is -2.27. The Hall–Kier alpha value is -0.940. The fourth-order valence-corrected chi connectivity index (χ4v) is 1.28. The van der Waals surface area contributed by atoms with Gasteiger partial charge in [0.15, 0.2) is 0 Å². The molecule has 0 radical (unpaired) electrons. The molecule has 0 spiro atoms. The van der Waals surface area contributed by atoms with Crippen molar-refractivity contribution in [2.24, 2.45) is 0 Å². The summed E-state index contributed by atoms with van der Waals surface area (Å²) in [5, 5.41) is 2.66. The average Bonchev–Trinajstić information content (AvgIpc) is 2.18. The molecule has 1 N–H and O–H groups in total. The van der Waals surface area contributed by atoms with Crippen LogP contribution in [0.5, 0.6) is 0 Å². The molecular weight excluding hydrogens is 272 g/mol. The van der Waals surface area contributed by atoms with E-state index in [9.17, 15) is 4.79 Å². The van der Waals surface area contributed by atoms with Gasteiger partial charge in [0, 0.05) is 6.20 Å². The number of carbonyl (C=O) groups is 1. The number of hydrogen-bond acceptors (Lipinski definition) is 3. The van der Waals surface area contributed by atoms with Gasteiger partial charge in [-0.3, -0.25) is 4.79 Å². The summed E-state index contributed by atoms with van der Waals surface area (Å²) in [5.74, 6) is 0.291. The minimum Gasteiger partial charge on any atom is -0.366 e. The van der Waals surface area contributed by atoms with Crippen molar-refractivity contribution in [3.8, 4) is 0 Å². The molecule has 0 aromatic carbocycles. The molecule has 0 aliphatic heterocycles. The van der Waals surface area contributed by atoms with Crippen LogP contribution in [-0.4, -0.2) is 23.1 Å². The maximum atomic E-state index is 11.5. The summed E-state index contributed by atoms with van der Waals surface area (Å²) >= 11 is 3.30. The van der Waals surface area contributed by atoms with Crippen LogP contribution in [0.15, 0.2) is 22.8 Å². The van der Waals surface area contributed by atoms with E-state index < -0.39 is 0 Å². The number of pyridine rings is 1. The highest BCUT2D eigenvalue weighted by Gasteiger charge is 2.13. The highest BCUT2D eigenvalue weighted by molar-refractivity contribution is 9.10. The molecule has 0 saturated heterocycles. The minimum atomic E-state index is -0.321. The first kappa shape index (κ1) is 13.1. The van der Waals surface area contributed by atoms with Crippen LogP contribution in [0.1, 0.15) is 20.8 Å². The van der Waals surface area contributed by atoms with Gasteiger partial charge in [-0.15, -0.1) is 0 Å². The molecule has 1 rings (SSSR count). The molecule has 0 bridgehead atoms. The van der Waals surface area contributed by atoms with Crippen molar-refractivity contribution in [1.82, 2.24) is 4.98 Å². The van der Waals surface area contributed by atoms with Crippen molar-refractivity contribution in [3.63, 3.8) is 0 Å². The van der Waals surface area contributed by atoms with Gasteiger partial charge < -0.3 is 10.1 Å². The van der Waals surface area contributed by atoms with Crippen molar-refractivity contribution in [2.45, 2.75) is 26.4 Å². The molecule has 0 saturated carbocycles. The Morgan fingerprint density at radius 1 is 1.56 bits per heavy atom. The Labute approximate surface area is 104 Å². The zero-order valence-electron chi connectivity index (χ0n) is 9.58. The number of rotatable bonds is 3. The van der Waals surface area contributed by atoms with Crippen LogP contribution in [-0.2, 0) is 9.53 Å². The van der Waals surface area contributed by atoms with E-state index >= 15 is 0 Å². The lowest BCUT2D eigenvalue weighted by molar-refractivity contribution is -0.125. The van der Waals surface area contributed by atoms with Gasteiger partial charge >= 0.3 is 0 Å². The second-order valence-corrected chi connectivity index (χ2v) is 5.14. The van der Waals surface area contributed by atoms with Crippen molar-refractivity contribution in [2.75, 3.05) is 11.9 Å². The summed E-state index contributed by atoms with van der Waals surface area (Å²) in [7, 11) is 0. The van der Waals surface area contributed by atoms with Gasteiger partial charge in [0.05, 0.1) is 10.1 Å². The molecule has 1 amide bonds. The number of carbonyl (C=O) groups excluding carboxylic acids is 1. The molecule has 0 atom stereocenters. The highest BCUT2D eigenvalue weighted by atomic mass is 79.9. The molecule has 0 aliphatic rings. The van der Waals surface area contributed by atoms with E-state index in [2.05, 4.69) is 26.2 Å². The SMILES string of the molecule is CC(C)(C)OCC(=O)Nc1ncccc1Br. The number of amides is 1. The highest BCUT2D eigenvalue weighted by Crippen LogP contribution is 2.18. The van der Waals surface area contributed by atoms with Crippen molar-refractivity contribution in [1.29, 1.82) is 0 Å². The topological polar surface area (TPSA) is 51.2 Å². The van der Waals surface area contributed by atoms with Crippen LogP contribution >= 0.6 is 15.9 Å². The summed E-state index contributed by atoms with van der Waals surface area (Å²) in [4.78, 5) is 15.5. The summed E-state index contributed by atoms with van der Waals surface area (Å²) in [6.07, 6.45) is 1.62. The van der Waals surface area contributed by atoms with E-state index in [1.165, 1.54) is 0 Å². The van der Waals surface area contributed by atoms with Gasteiger partial charge in [0.1, 0.15) is 12.4 Å². The number of nitrogens with zero attached hydrogens (tertiary/aromatic N) is 1. The molecule has 0 unspecified atom stereocenters. The summed E-state index contributed by atoms with van der Waals surface area (Å²) in [5.41, 5.74) is -0.321. The largest absolute Gasteiger partial charge is 0.366 e. The maximum absolute atomic E-state index is 11.5. The third-order valence-electron chi connectivity index (χ3n) is 1.65. The molecule has 1 heterocycles. The molecule has 0 fully saturated rings. The smallest absolute Gasteiger partial charge is 0.251 e. The molecular formula is C11H15BrN2O2. The zero-order chi connectivity index (χ0) is 12.2. The summed E-state index contributed by atoms with van der Waals surface area (Å²) < 4.78 is 6.10. The number of aromatic nitrogens is 1. The van der Waals surface area contributed by atoms with Gasteiger partial charge in [-0.25, -0.2) is 4.98 Å². The maximum Gasteiger partial charge on any atom is 0.251 e. The van der Waals surface area contributed by atoms with Crippen LogP contribution < -0.4 is 5.32 Å². The van der Waals surface area contributed by atoms with Gasteiger partial charge in [-0.1, -0.05) is 0 Å². The monoisotopic (exact) mass is 286 g/mol. The molecule has 5 heteroatoms. The second-order valence-electron chi connectivity index (χ2n) is 4.28. The second kappa shape index (κ2) is 5.41. The van der Waals surface area contributed by atoms with E-state index in [4.69, 9.17) is 4.74 Å². The lowest BCUT2D eigenvalue weighted by atomic mass is 10.2. The molecule has 1 aromatic rings. The van der Waals surface area contributed by atoms with Crippen molar-refractivity contribution in [3.05, 3.63) is 22.8 Å². The van der Waals surface area contributed by atoms with Gasteiger partial charge in [0.25, 0.3) is 5.91 Å². The fourth-order valence-electron chi connectivity index (χ4n) is 0.928. The first-order valence-electron chi connectivity index (χ1n) is 4.93. The number of halogens is 1. The van der Waals surface area contributed by atoms with Crippen LogP contribution in [0.3, 0.4) is 0 Å². The van der Waals surface area contributed by atoms with E-state index in [-0.39, 0.29) is 18.1 Å². The first-order chi connectivity index (χ1) is 7.38. The number of ether oxygens (including phenoxy) is 1. The molecule has 1 aromatic heterocycles. The molecule has 16 heavy (non-hydrogen) atoms. The van der Waals surface area contributed by atoms with Crippen LogP contribution in [0.2, 0.25) is 0 Å². The predicted octanol–water partition coefficient (Wildman–Crippen LogP) is 2.60. The Balaban J connectivity index is 2.50. The fraction of sp³-hybridized carbons (Fsp3) is 0.455. The molecule has 4 nitrogen and oxygen atoms in total. The van der Waals surface area contributed by atoms with E-state index in [0.717, 1.165) is 4.47 Å². The third-order valence-corrected chi connectivity index (χ3v) is 2.29. The normalized spacial score (nSPS) is 11.2. The number of nitrogens with one attached hydrogen (secondary N) is 1. The third kappa shape index (κ3) is 4.72. The summed E-state index contributed by atoms with van der Waals surface area (Å²) in [6, 6.07) is 3.60. The van der Waals surface area contributed by atoms with E-state index in [0.29, 0.717) is 5.82 Å². The minimum absolute atomic E-state index is 0.0204. The zero-order valence-corrected chi connectivity index (χ0v) is 11.2. The average molecular weight is 287 g/mol. The molecule has 88 valence electrons. The number of anilines is 1. The quantitative estimate of drug-likeness (QED) is 0.929. The van der Waals surface area contributed by atoms with Crippen molar-refractivity contribution >= 4 is 27.7 Å². The predicted molar refractivity (Wildman–Crippen MR) is 66.3 cm³/mol. The lowest BCUT2D eigenvalue weighted by Gasteiger charge is -2.18. The van der Waals surface area contributed by atoms with Crippen molar-refractivity contribution < 1.29 is 9.53 Å². The Morgan fingerprint density at radius 3 is 2.81 bits per heavy atom.